The van der Waals surface area contributed by atoms with Gasteiger partial charge in [-0.05, 0) is 24.5 Å². The fourth-order valence-corrected chi connectivity index (χ4v) is 3.77. The predicted octanol–water partition coefficient (Wildman–Crippen LogP) is 2.74. The highest BCUT2D eigenvalue weighted by Gasteiger charge is 2.03. The van der Waals surface area contributed by atoms with E-state index in [0.29, 0.717) is 13.2 Å². The van der Waals surface area contributed by atoms with Crippen LogP contribution in [0, 0.1) is 11.8 Å². The molecule has 1 aromatic carbocycles. The summed E-state index contributed by atoms with van der Waals surface area (Å²) >= 11 is 4.88. The highest BCUT2D eigenvalue weighted by Crippen LogP contribution is 2.27. The number of nitrogens with two attached hydrogens (primary N) is 1. The van der Waals surface area contributed by atoms with Crippen molar-refractivity contribution in [1.82, 2.24) is 10.2 Å². The van der Waals surface area contributed by atoms with Crippen molar-refractivity contribution in [3.8, 4) is 17.6 Å². The third-order valence-electron chi connectivity index (χ3n) is 2.31. The molecule has 21 heavy (non-hydrogen) atoms. The normalized spacial score (nSPS) is 10.0. The van der Waals surface area contributed by atoms with E-state index < -0.39 is 0 Å². The van der Waals surface area contributed by atoms with Crippen LogP contribution in [0.5, 0.6) is 5.75 Å². The molecule has 0 unspecified atom stereocenters. The van der Waals surface area contributed by atoms with Crippen LogP contribution in [0.15, 0.2) is 32.9 Å². The second-order valence-electron chi connectivity index (χ2n) is 3.77. The van der Waals surface area contributed by atoms with Gasteiger partial charge in [0, 0.05) is 11.3 Å². The highest BCUT2D eigenvalue weighted by molar-refractivity contribution is 8.02. The number of aromatic nitrogens is 2. The zero-order valence-electron chi connectivity index (χ0n) is 11.5. The minimum absolute atomic E-state index is 0.363. The van der Waals surface area contributed by atoms with Gasteiger partial charge in [-0.3, -0.25) is 0 Å². The summed E-state index contributed by atoms with van der Waals surface area (Å²) in [6.07, 6.45) is 2.00. The van der Waals surface area contributed by atoms with Crippen molar-refractivity contribution in [1.29, 1.82) is 0 Å². The van der Waals surface area contributed by atoms with Crippen molar-refractivity contribution in [3.05, 3.63) is 29.8 Å². The van der Waals surface area contributed by atoms with Crippen LogP contribution in [0.1, 0.15) is 5.56 Å². The Kier molecular flexibility index (Phi) is 6.89. The van der Waals surface area contributed by atoms with E-state index in [1.165, 1.54) is 0 Å². The first-order chi connectivity index (χ1) is 10.3. The molecule has 0 bridgehead atoms. The second kappa shape index (κ2) is 8.95. The van der Waals surface area contributed by atoms with Crippen LogP contribution in [0.4, 0.5) is 0 Å². The zero-order chi connectivity index (χ0) is 14.9. The molecular weight excluding hydrogens is 322 g/mol. The summed E-state index contributed by atoms with van der Waals surface area (Å²) in [7, 11) is 0. The molecule has 0 saturated carbocycles. The first-order valence-electron chi connectivity index (χ1n) is 6.24. The van der Waals surface area contributed by atoms with E-state index in [9.17, 15) is 0 Å². The number of thioether (sulfide) groups is 2. The molecular formula is C14H15N3OS3. The largest absolute Gasteiger partial charge is 0.493 e. The molecule has 0 aliphatic carbocycles. The Morgan fingerprint density at radius 2 is 2.19 bits per heavy atom. The number of nitrogens with zero attached hydrogens (tertiary/aromatic N) is 2. The maximum absolute atomic E-state index is 5.71. The average Bonchev–Trinajstić information content (AvgIpc) is 2.98. The lowest BCUT2D eigenvalue weighted by atomic mass is 10.2. The van der Waals surface area contributed by atoms with E-state index in [4.69, 9.17) is 10.5 Å². The van der Waals surface area contributed by atoms with Gasteiger partial charge in [0.1, 0.15) is 5.75 Å². The molecule has 0 aliphatic rings. The standard InChI is InChI=1S/C14H15N3OS3/c1-19-13-16-17-14(21-13)20-9-8-18-12-6-2-4-11(10-12)5-3-7-15/h2,4,6,10H,7-9,15H2,1H3. The summed E-state index contributed by atoms with van der Waals surface area (Å²) in [5, 5.41) is 8.16. The van der Waals surface area contributed by atoms with Crippen LogP contribution in [0.2, 0.25) is 0 Å². The molecule has 2 aromatic rings. The Morgan fingerprint density at radius 1 is 1.33 bits per heavy atom. The molecule has 0 spiro atoms. The smallest absolute Gasteiger partial charge is 0.175 e. The van der Waals surface area contributed by atoms with E-state index in [0.717, 1.165) is 25.7 Å². The molecule has 2 rings (SSSR count). The van der Waals surface area contributed by atoms with E-state index >= 15 is 0 Å². The third-order valence-corrected chi connectivity index (χ3v) is 5.31. The summed E-state index contributed by atoms with van der Waals surface area (Å²) in [6, 6.07) is 7.72. The molecule has 0 amide bonds. The molecule has 4 nitrogen and oxygen atoms in total. The molecule has 1 aromatic heterocycles. The van der Waals surface area contributed by atoms with Gasteiger partial charge >= 0.3 is 0 Å². The van der Waals surface area contributed by atoms with Crippen LogP contribution >= 0.6 is 34.9 Å². The monoisotopic (exact) mass is 337 g/mol. The van der Waals surface area contributed by atoms with Crippen LogP contribution in [-0.4, -0.2) is 35.4 Å². The maximum atomic E-state index is 5.71. The van der Waals surface area contributed by atoms with Gasteiger partial charge in [0.25, 0.3) is 0 Å². The molecule has 7 heteroatoms. The Hall–Kier alpha value is -1.20. The molecule has 1 heterocycles. The third kappa shape index (κ3) is 5.59. The quantitative estimate of drug-likeness (QED) is 0.497. The van der Waals surface area contributed by atoms with Gasteiger partial charge in [-0.15, -0.1) is 10.2 Å². The summed E-state index contributed by atoms with van der Waals surface area (Å²) in [5.41, 5.74) is 6.28. The first-order valence-corrected chi connectivity index (χ1v) is 9.26. The van der Waals surface area contributed by atoms with Gasteiger partial charge < -0.3 is 10.5 Å². The first kappa shape index (κ1) is 16.2. The number of hydrogen-bond donors (Lipinski definition) is 1. The van der Waals surface area contributed by atoms with E-state index in [1.807, 2.05) is 30.5 Å². The molecule has 0 atom stereocenters. The summed E-state index contributed by atoms with van der Waals surface area (Å²) < 4.78 is 7.68. The van der Waals surface area contributed by atoms with Crippen LogP contribution in [0.25, 0.3) is 0 Å². The lowest BCUT2D eigenvalue weighted by Crippen LogP contribution is -2.00. The number of benzene rings is 1. The predicted molar refractivity (Wildman–Crippen MR) is 90.3 cm³/mol. The molecule has 2 N–H and O–H groups in total. The van der Waals surface area contributed by atoms with Crippen LogP contribution in [-0.2, 0) is 0 Å². The number of ether oxygens (including phenoxy) is 1. The van der Waals surface area contributed by atoms with Gasteiger partial charge in [-0.25, -0.2) is 0 Å². The second-order valence-corrected chi connectivity index (χ2v) is 7.14. The molecule has 0 fully saturated rings. The van der Waals surface area contributed by atoms with Crippen molar-refractivity contribution < 1.29 is 4.74 Å². The van der Waals surface area contributed by atoms with Crippen molar-refractivity contribution in [2.45, 2.75) is 8.68 Å². The lowest BCUT2D eigenvalue weighted by Gasteiger charge is -2.05. The van der Waals surface area contributed by atoms with Crippen LogP contribution < -0.4 is 10.5 Å². The average molecular weight is 337 g/mol. The Balaban J connectivity index is 1.78. The molecule has 110 valence electrons. The van der Waals surface area contributed by atoms with E-state index in [2.05, 4.69) is 22.0 Å². The highest BCUT2D eigenvalue weighted by atomic mass is 32.2. The van der Waals surface area contributed by atoms with Crippen molar-refractivity contribution in [2.75, 3.05) is 25.2 Å². The summed E-state index contributed by atoms with van der Waals surface area (Å²) in [4.78, 5) is 0. The summed E-state index contributed by atoms with van der Waals surface area (Å²) in [5.74, 6) is 7.48. The fourth-order valence-electron chi connectivity index (χ4n) is 1.44. The number of hydrogen-bond acceptors (Lipinski definition) is 7. The Morgan fingerprint density at radius 3 is 2.95 bits per heavy atom. The lowest BCUT2D eigenvalue weighted by molar-refractivity contribution is 0.344. The topological polar surface area (TPSA) is 61.0 Å². The zero-order valence-corrected chi connectivity index (χ0v) is 14.0. The van der Waals surface area contributed by atoms with Gasteiger partial charge in [-0.2, -0.15) is 0 Å². The SMILES string of the molecule is CSc1nnc(SCCOc2cccc(C#CCN)c2)s1. The van der Waals surface area contributed by atoms with Crippen LogP contribution in [0.3, 0.4) is 0 Å². The van der Waals surface area contributed by atoms with Crippen molar-refractivity contribution in [2.24, 2.45) is 5.73 Å². The number of rotatable bonds is 6. The van der Waals surface area contributed by atoms with Crippen molar-refractivity contribution in [3.63, 3.8) is 0 Å². The Bertz CT molecular complexity index is 634. The van der Waals surface area contributed by atoms with Gasteiger partial charge in [0.05, 0.1) is 13.2 Å². The minimum atomic E-state index is 0.363. The maximum Gasteiger partial charge on any atom is 0.175 e. The Labute approximate surface area is 136 Å². The minimum Gasteiger partial charge on any atom is -0.493 e. The van der Waals surface area contributed by atoms with Gasteiger partial charge in [-0.1, -0.05) is 52.8 Å². The summed E-state index contributed by atoms with van der Waals surface area (Å²) in [6.45, 7) is 0.980. The van der Waals surface area contributed by atoms with Gasteiger partial charge in [0.2, 0.25) is 0 Å². The molecule has 0 aliphatic heterocycles. The fraction of sp³-hybridized carbons (Fsp3) is 0.286. The van der Waals surface area contributed by atoms with E-state index in [1.54, 1.807) is 34.9 Å². The molecule has 0 radical (unpaired) electrons. The van der Waals surface area contributed by atoms with Crippen molar-refractivity contribution >= 4 is 34.9 Å². The van der Waals surface area contributed by atoms with E-state index in [-0.39, 0.29) is 0 Å². The molecule has 0 saturated heterocycles. The van der Waals surface area contributed by atoms with Gasteiger partial charge in [0.15, 0.2) is 8.68 Å².